The monoisotopic (exact) mass is 288 g/mol. The van der Waals surface area contributed by atoms with Gasteiger partial charge in [-0.3, -0.25) is 9.58 Å². The van der Waals surface area contributed by atoms with Crippen molar-refractivity contribution in [2.75, 3.05) is 18.8 Å². The van der Waals surface area contributed by atoms with Gasteiger partial charge in [-0.15, -0.1) is 0 Å². The zero-order valence-electron chi connectivity index (χ0n) is 12.5. The number of rotatable bonds is 8. The van der Waals surface area contributed by atoms with Crippen LogP contribution in [0.3, 0.4) is 0 Å². The predicted octanol–water partition coefficient (Wildman–Crippen LogP) is 1.74. The third-order valence-electron chi connectivity index (χ3n) is 3.31. The highest BCUT2D eigenvalue weighted by atomic mass is 16.3. The lowest BCUT2D eigenvalue weighted by Crippen LogP contribution is -2.35. The maximum absolute atomic E-state index is 10.2. The van der Waals surface area contributed by atoms with Gasteiger partial charge in [0, 0.05) is 19.3 Å². The van der Waals surface area contributed by atoms with Gasteiger partial charge in [-0.25, -0.2) is 0 Å². The number of nitrogens with zero attached hydrogens (tertiary/aromatic N) is 3. The van der Waals surface area contributed by atoms with Gasteiger partial charge in [0.2, 0.25) is 0 Å². The smallest absolute Gasteiger partial charge is 0.0862 e. The van der Waals surface area contributed by atoms with Gasteiger partial charge >= 0.3 is 0 Å². The molecule has 1 heterocycles. The second-order valence-corrected chi connectivity index (χ2v) is 5.37. The van der Waals surface area contributed by atoms with Crippen LogP contribution in [0.4, 0.5) is 5.69 Å². The quantitative estimate of drug-likeness (QED) is 0.776. The van der Waals surface area contributed by atoms with Crippen LogP contribution in [0.5, 0.6) is 0 Å². The summed E-state index contributed by atoms with van der Waals surface area (Å²) in [5, 5.41) is 14.3. The lowest BCUT2D eigenvalue weighted by Gasteiger charge is -2.24. The van der Waals surface area contributed by atoms with Crippen LogP contribution >= 0.6 is 0 Å². The summed E-state index contributed by atoms with van der Waals surface area (Å²) in [6, 6.07) is 10.3. The van der Waals surface area contributed by atoms with E-state index in [9.17, 15) is 5.11 Å². The van der Waals surface area contributed by atoms with Gasteiger partial charge in [0.1, 0.15) is 0 Å². The number of nitrogens with two attached hydrogens (primary N) is 1. The van der Waals surface area contributed by atoms with E-state index < -0.39 is 6.10 Å². The number of aromatic nitrogens is 2. The van der Waals surface area contributed by atoms with Crippen LogP contribution in [0.2, 0.25) is 0 Å². The van der Waals surface area contributed by atoms with E-state index >= 15 is 0 Å². The average molecular weight is 288 g/mol. The Balaban J connectivity index is 1.89. The summed E-state index contributed by atoms with van der Waals surface area (Å²) in [6.07, 6.45) is 3.94. The summed E-state index contributed by atoms with van der Waals surface area (Å²) in [5.74, 6) is 0. The first-order valence-electron chi connectivity index (χ1n) is 7.39. The molecule has 0 aliphatic rings. The lowest BCUT2D eigenvalue weighted by molar-refractivity contribution is 0.0914. The molecule has 0 saturated carbocycles. The Bertz CT molecular complexity index is 526. The molecule has 0 bridgehead atoms. The van der Waals surface area contributed by atoms with Gasteiger partial charge in [0.15, 0.2) is 0 Å². The maximum atomic E-state index is 10.2. The Morgan fingerprint density at radius 2 is 2.10 bits per heavy atom. The van der Waals surface area contributed by atoms with E-state index in [1.807, 2.05) is 18.2 Å². The van der Waals surface area contributed by atoms with Crippen molar-refractivity contribution in [2.45, 2.75) is 32.5 Å². The molecule has 0 amide bonds. The third-order valence-corrected chi connectivity index (χ3v) is 3.31. The molecule has 0 saturated heterocycles. The molecular weight excluding hydrogens is 264 g/mol. The first-order chi connectivity index (χ1) is 10.2. The van der Waals surface area contributed by atoms with Crippen LogP contribution in [0, 0.1) is 0 Å². The molecule has 1 unspecified atom stereocenters. The first kappa shape index (κ1) is 15.5. The molecule has 1 aromatic carbocycles. The highest BCUT2D eigenvalue weighted by Gasteiger charge is 2.12. The normalized spacial score (nSPS) is 12.7. The fourth-order valence-corrected chi connectivity index (χ4v) is 2.44. The van der Waals surface area contributed by atoms with Crippen molar-refractivity contribution in [3.05, 3.63) is 48.3 Å². The highest BCUT2D eigenvalue weighted by Crippen LogP contribution is 2.07. The summed E-state index contributed by atoms with van der Waals surface area (Å²) in [6.45, 7) is 5.06. The second kappa shape index (κ2) is 7.81. The minimum atomic E-state index is -0.459. The lowest BCUT2D eigenvalue weighted by atomic mass is 10.2. The van der Waals surface area contributed by atoms with E-state index in [4.69, 9.17) is 5.73 Å². The maximum Gasteiger partial charge on any atom is 0.0862 e. The number of anilines is 1. The van der Waals surface area contributed by atoms with Gasteiger partial charge < -0.3 is 10.8 Å². The molecule has 0 radical (unpaired) electrons. The molecule has 1 atom stereocenters. The van der Waals surface area contributed by atoms with E-state index in [1.165, 1.54) is 5.56 Å². The third kappa shape index (κ3) is 5.21. The topological polar surface area (TPSA) is 67.3 Å². The van der Waals surface area contributed by atoms with E-state index in [-0.39, 0.29) is 0 Å². The van der Waals surface area contributed by atoms with Crippen molar-refractivity contribution in [2.24, 2.45) is 0 Å². The SMILES string of the molecule is CCCN(Cc1ccccc1)CC(O)Cn1cc(N)cn1. The number of benzene rings is 1. The Kier molecular flexibility index (Phi) is 5.78. The molecule has 0 fully saturated rings. The molecule has 0 spiro atoms. The van der Waals surface area contributed by atoms with Crippen LogP contribution in [0.1, 0.15) is 18.9 Å². The number of aliphatic hydroxyl groups excluding tert-OH is 1. The average Bonchev–Trinajstić information content (AvgIpc) is 2.85. The fourth-order valence-electron chi connectivity index (χ4n) is 2.44. The standard InChI is InChI=1S/C16H24N4O/c1-2-8-19(10-14-6-4-3-5-7-14)12-16(21)13-20-11-15(17)9-18-20/h3-7,9,11,16,21H,2,8,10,12-13,17H2,1H3. The zero-order valence-corrected chi connectivity index (χ0v) is 12.5. The number of hydrogen-bond donors (Lipinski definition) is 2. The molecule has 3 N–H and O–H groups in total. The van der Waals surface area contributed by atoms with Crippen molar-refractivity contribution in [1.82, 2.24) is 14.7 Å². The minimum absolute atomic E-state index is 0.459. The highest BCUT2D eigenvalue weighted by molar-refractivity contribution is 5.30. The fraction of sp³-hybridized carbons (Fsp3) is 0.438. The number of aliphatic hydroxyl groups is 1. The Hall–Kier alpha value is -1.85. The summed E-state index contributed by atoms with van der Waals surface area (Å²) >= 11 is 0. The molecule has 0 aliphatic carbocycles. The molecule has 1 aromatic heterocycles. The van der Waals surface area contributed by atoms with Gasteiger partial charge in [0.25, 0.3) is 0 Å². The molecule has 0 aliphatic heterocycles. The van der Waals surface area contributed by atoms with Crippen LogP contribution in [0.25, 0.3) is 0 Å². The van der Waals surface area contributed by atoms with Crippen LogP contribution in [0.15, 0.2) is 42.7 Å². The summed E-state index contributed by atoms with van der Waals surface area (Å²) in [7, 11) is 0. The zero-order chi connectivity index (χ0) is 15.1. The largest absolute Gasteiger partial charge is 0.396 e. The van der Waals surface area contributed by atoms with Crippen LogP contribution in [-0.4, -0.2) is 39.0 Å². The van der Waals surface area contributed by atoms with Crippen molar-refractivity contribution in [3.63, 3.8) is 0 Å². The molecule has 21 heavy (non-hydrogen) atoms. The summed E-state index contributed by atoms with van der Waals surface area (Å²) < 4.78 is 1.69. The molecular formula is C16H24N4O. The Morgan fingerprint density at radius 3 is 2.71 bits per heavy atom. The van der Waals surface area contributed by atoms with Crippen LogP contribution < -0.4 is 5.73 Å². The molecule has 114 valence electrons. The number of nitrogen functional groups attached to an aromatic ring is 1. The van der Waals surface area contributed by atoms with Gasteiger partial charge in [-0.1, -0.05) is 37.3 Å². The summed E-state index contributed by atoms with van der Waals surface area (Å²) in [5.41, 5.74) is 7.52. The van der Waals surface area contributed by atoms with E-state index in [0.717, 1.165) is 19.5 Å². The van der Waals surface area contributed by atoms with E-state index in [1.54, 1.807) is 17.1 Å². The van der Waals surface area contributed by atoms with Crippen LogP contribution in [-0.2, 0) is 13.1 Å². The number of hydrogen-bond acceptors (Lipinski definition) is 4. The predicted molar refractivity (Wildman–Crippen MR) is 84.7 cm³/mol. The van der Waals surface area contributed by atoms with E-state index in [0.29, 0.717) is 18.8 Å². The van der Waals surface area contributed by atoms with Gasteiger partial charge in [-0.05, 0) is 18.5 Å². The first-order valence-corrected chi connectivity index (χ1v) is 7.39. The van der Waals surface area contributed by atoms with Crippen molar-refractivity contribution in [1.29, 1.82) is 0 Å². The molecule has 2 aromatic rings. The van der Waals surface area contributed by atoms with Crippen molar-refractivity contribution in [3.8, 4) is 0 Å². The Labute approximate surface area is 126 Å². The van der Waals surface area contributed by atoms with Crippen molar-refractivity contribution < 1.29 is 5.11 Å². The molecule has 2 rings (SSSR count). The molecule has 5 heteroatoms. The van der Waals surface area contributed by atoms with Gasteiger partial charge in [-0.2, -0.15) is 5.10 Å². The minimum Gasteiger partial charge on any atom is -0.396 e. The van der Waals surface area contributed by atoms with Crippen molar-refractivity contribution >= 4 is 5.69 Å². The second-order valence-electron chi connectivity index (χ2n) is 5.37. The summed E-state index contributed by atoms with van der Waals surface area (Å²) in [4.78, 5) is 2.27. The van der Waals surface area contributed by atoms with E-state index in [2.05, 4.69) is 29.1 Å². The van der Waals surface area contributed by atoms with Gasteiger partial charge in [0.05, 0.1) is 24.5 Å². The molecule has 5 nitrogen and oxygen atoms in total. The Morgan fingerprint density at radius 1 is 1.33 bits per heavy atom.